The molecular weight excluding hydrogens is 162 g/mol. The second kappa shape index (κ2) is 5.42. The molecule has 0 heterocycles. The van der Waals surface area contributed by atoms with Crippen molar-refractivity contribution < 1.29 is 14.6 Å². The fourth-order valence-corrected chi connectivity index (χ4v) is 0.442. The lowest BCUT2D eigenvalue weighted by Crippen LogP contribution is -2.15. The molecule has 1 unspecified atom stereocenters. The Hall–Kier alpha value is -1.23. The van der Waals surface area contributed by atoms with Crippen LogP contribution in [0.5, 0.6) is 0 Å². The number of aliphatic hydroxyl groups excluding tert-OH is 1. The zero-order valence-electron chi connectivity index (χ0n) is 6.98. The van der Waals surface area contributed by atoms with Crippen molar-refractivity contribution in [2.75, 3.05) is 6.61 Å². The minimum absolute atomic E-state index is 0.0805. The molecule has 0 aromatic carbocycles. The maximum atomic E-state index is 10.8. The van der Waals surface area contributed by atoms with Gasteiger partial charge in [-0.2, -0.15) is 0 Å². The predicted molar refractivity (Wildman–Crippen MR) is 42.2 cm³/mol. The molecule has 0 amide bonds. The third kappa shape index (κ3) is 4.56. The van der Waals surface area contributed by atoms with Crippen LogP contribution in [0.3, 0.4) is 0 Å². The average Bonchev–Trinajstić information content (AvgIpc) is 2.00. The Labute approximate surface area is 70.0 Å². The minimum atomic E-state index is -0.703. The van der Waals surface area contributed by atoms with Gasteiger partial charge in [0.2, 0.25) is 0 Å². The molecule has 0 radical (unpaired) electrons. The van der Waals surface area contributed by atoms with E-state index in [1.807, 2.05) is 0 Å². The van der Waals surface area contributed by atoms with E-state index in [2.05, 4.69) is 9.91 Å². The Balaban J connectivity index is 3.88. The van der Waals surface area contributed by atoms with Gasteiger partial charge in [-0.05, 0) is 19.0 Å². The van der Waals surface area contributed by atoms with E-state index < -0.39 is 12.1 Å². The molecule has 0 bridgehead atoms. The average molecular weight is 173 g/mol. The molecule has 5 nitrogen and oxygen atoms in total. The molecule has 12 heavy (non-hydrogen) atoms. The number of ether oxygens (including phenoxy) is 1. The summed E-state index contributed by atoms with van der Waals surface area (Å²) in [5.41, 5.74) is 0.116. The van der Waals surface area contributed by atoms with E-state index >= 15 is 0 Å². The normalized spacial score (nSPS) is 13.8. The number of carbonyl (C=O) groups excluding carboxylic acids is 1. The molecule has 68 valence electrons. The van der Waals surface area contributed by atoms with Crippen LogP contribution in [-0.4, -0.2) is 23.8 Å². The lowest BCUT2D eigenvalue weighted by Gasteiger charge is -2.05. The zero-order valence-corrected chi connectivity index (χ0v) is 6.98. The van der Waals surface area contributed by atoms with Crippen LogP contribution < -0.4 is 0 Å². The Morgan fingerprint density at radius 3 is 2.75 bits per heavy atom. The lowest BCUT2D eigenvalue weighted by molar-refractivity contribution is -0.141. The van der Waals surface area contributed by atoms with E-state index in [0.717, 1.165) is 6.20 Å². The number of hydrogen-bond donors (Lipinski definition) is 1. The summed E-state index contributed by atoms with van der Waals surface area (Å²) >= 11 is 0. The van der Waals surface area contributed by atoms with Crippen LogP contribution in [0.4, 0.5) is 0 Å². The van der Waals surface area contributed by atoms with Crippen molar-refractivity contribution in [1.82, 2.24) is 0 Å². The molecule has 0 aliphatic carbocycles. The van der Waals surface area contributed by atoms with Crippen LogP contribution in [-0.2, 0) is 9.53 Å². The third-order valence-electron chi connectivity index (χ3n) is 1.02. The summed E-state index contributed by atoms with van der Waals surface area (Å²) < 4.78 is 4.56. The van der Waals surface area contributed by atoms with Gasteiger partial charge < -0.3 is 9.84 Å². The summed E-state index contributed by atoms with van der Waals surface area (Å²) in [4.78, 5) is 20.5. The van der Waals surface area contributed by atoms with Crippen molar-refractivity contribution in [3.8, 4) is 0 Å². The molecule has 0 aliphatic rings. The Morgan fingerprint density at radius 2 is 2.33 bits per heavy atom. The van der Waals surface area contributed by atoms with Gasteiger partial charge in [0, 0.05) is 0 Å². The number of esters is 1. The van der Waals surface area contributed by atoms with E-state index in [1.54, 1.807) is 0 Å². The first-order valence-corrected chi connectivity index (χ1v) is 3.42. The smallest absolute Gasteiger partial charge is 0.335 e. The fraction of sp³-hybridized carbons (Fsp3) is 0.571. The van der Waals surface area contributed by atoms with E-state index in [-0.39, 0.29) is 12.2 Å². The molecule has 0 aliphatic heterocycles. The molecule has 0 saturated carbocycles. The molecule has 0 fully saturated rings. The number of hydrogen-bond acceptors (Lipinski definition) is 5. The Morgan fingerprint density at radius 1 is 1.75 bits per heavy atom. The van der Waals surface area contributed by atoms with Crippen molar-refractivity contribution in [3.05, 3.63) is 16.7 Å². The van der Waals surface area contributed by atoms with Crippen LogP contribution >= 0.6 is 0 Å². The summed E-state index contributed by atoms with van der Waals surface area (Å²) in [6, 6.07) is 0. The topological polar surface area (TPSA) is 76.0 Å². The monoisotopic (exact) mass is 173 g/mol. The molecule has 0 rings (SSSR count). The van der Waals surface area contributed by atoms with Crippen molar-refractivity contribution >= 4 is 5.97 Å². The van der Waals surface area contributed by atoms with E-state index in [1.165, 1.54) is 13.8 Å². The first-order chi connectivity index (χ1) is 5.57. The quantitative estimate of drug-likeness (QED) is 0.383. The maximum absolute atomic E-state index is 10.8. The number of nitroso groups, excluding NO2 is 1. The first kappa shape index (κ1) is 10.8. The maximum Gasteiger partial charge on any atom is 0.335 e. The molecular formula is C7H11NO4. The predicted octanol–water partition coefficient (Wildman–Crippen LogP) is 0.581. The van der Waals surface area contributed by atoms with Crippen molar-refractivity contribution in [2.45, 2.75) is 20.0 Å². The van der Waals surface area contributed by atoms with Gasteiger partial charge in [0.25, 0.3) is 0 Å². The van der Waals surface area contributed by atoms with E-state index in [4.69, 9.17) is 5.11 Å². The number of carbonyl (C=O) groups is 1. The Kier molecular flexibility index (Phi) is 4.87. The second-order valence-corrected chi connectivity index (χ2v) is 2.37. The molecule has 0 spiro atoms. The summed E-state index contributed by atoms with van der Waals surface area (Å²) in [6.45, 7) is 2.82. The van der Waals surface area contributed by atoms with Crippen LogP contribution in [0.2, 0.25) is 0 Å². The van der Waals surface area contributed by atoms with Crippen LogP contribution in [0.15, 0.2) is 16.9 Å². The number of rotatable bonds is 4. The highest BCUT2D eigenvalue weighted by Crippen LogP contribution is 1.97. The van der Waals surface area contributed by atoms with Gasteiger partial charge in [-0.15, -0.1) is 4.91 Å². The highest BCUT2D eigenvalue weighted by atomic mass is 16.5. The third-order valence-corrected chi connectivity index (χ3v) is 1.02. The molecule has 5 heteroatoms. The lowest BCUT2D eigenvalue weighted by atomic mass is 10.3. The zero-order chi connectivity index (χ0) is 9.56. The number of nitrogens with zero attached hydrogens (tertiary/aromatic N) is 1. The van der Waals surface area contributed by atoms with Gasteiger partial charge >= 0.3 is 5.97 Å². The van der Waals surface area contributed by atoms with Crippen LogP contribution in [0.25, 0.3) is 0 Å². The second-order valence-electron chi connectivity index (χ2n) is 2.37. The van der Waals surface area contributed by atoms with E-state index in [0.29, 0.717) is 0 Å². The standard InChI is InChI=1S/C7H11NO4/c1-5(3-8-11)7(10)12-4-6(2)9/h3,6,9H,4H2,1-2H3. The largest absolute Gasteiger partial charge is 0.460 e. The van der Waals surface area contributed by atoms with Gasteiger partial charge in [0.15, 0.2) is 0 Å². The van der Waals surface area contributed by atoms with Gasteiger partial charge in [0.05, 0.1) is 17.9 Å². The Bertz CT molecular complexity index is 198. The summed E-state index contributed by atoms with van der Waals surface area (Å²) in [6.07, 6.45) is 0.163. The van der Waals surface area contributed by atoms with Crippen LogP contribution in [0.1, 0.15) is 13.8 Å². The first-order valence-electron chi connectivity index (χ1n) is 3.42. The van der Waals surface area contributed by atoms with Crippen molar-refractivity contribution in [2.24, 2.45) is 5.18 Å². The molecule has 0 aromatic heterocycles. The van der Waals surface area contributed by atoms with E-state index in [9.17, 15) is 9.70 Å². The molecule has 0 aromatic rings. The fourth-order valence-electron chi connectivity index (χ4n) is 0.442. The number of aliphatic hydroxyl groups is 1. The molecule has 0 saturated heterocycles. The summed E-state index contributed by atoms with van der Waals surface area (Å²) in [5, 5.41) is 11.1. The minimum Gasteiger partial charge on any atom is -0.460 e. The van der Waals surface area contributed by atoms with Gasteiger partial charge in [-0.1, -0.05) is 0 Å². The summed E-state index contributed by atoms with van der Waals surface area (Å²) in [5.74, 6) is -0.643. The van der Waals surface area contributed by atoms with Crippen LogP contribution in [0, 0.1) is 4.91 Å². The van der Waals surface area contributed by atoms with Gasteiger partial charge in [-0.3, -0.25) is 0 Å². The SMILES string of the molecule is CC(=CN=O)C(=O)OCC(C)O. The molecule has 1 atom stereocenters. The summed E-state index contributed by atoms with van der Waals surface area (Å²) in [7, 11) is 0. The molecule has 1 N–H and O–H groups in total. The van der Waals surface area contributed by atoms with Gasteiger partial charge in [-0.25, -0.2) is 4.79 Å². The van der Waals surface area contributed by atoms with Gasteiger partial charge in [0.1, 0.15) is 6.61 Å². The highest BCUT2D eigenvalue weighted by Gasteiger charge is 2.06. The van der Waals surface area contributed by atoms with Crippen molar-refractivity contribution in [1.29, 1.82) is 0 Å². The highest BCUT2D eigenvalue weighted by molar-refractivity contribution is 5.87. The van der Waals surface area contributed by atoms with Crippen molar-refractivity contribution in [3.63, 3.8) is 0 Å².